The first-order valence-electron chi connectivity index (χ1n) is 14.0. The summed E-state index contributed by atoms with van der Waals surface area (Å²) in [6.07, 6.45) is 6.13. The van der Waals surface area contributed by atoms with Crippen LogP contribution in [0.4, 0.5) is 0 Å². The van der Waals surface area contributed by atoms with E-state index < -0.39 is 9.20 Å². The molecule has 2 N–H and O–H groups in total. The number of nitrogens with zero attached hydrogens (tertiary/aromatic N) is 2. The van der Waals surface area contributed by atoms with Gasteiger partial charge in [0, 0.05) is 11.1 Å². The number of imidazole rings is 1. The first-order valence-corrected chi connectivity index (χ1v) is 20.1. The minimum atomic E-state index is -2.61. The average molecular weight is 703 g/mol. The van der Waals surface area contributed by atoms with Crippen molar-refractivity contribution in [1.29, 1.82) is 0 Å². The number of aromatic hydroxyl groups is 2. The summed E-state index contributed by atoms with van der Waals surface area (Å²) < 4.78 is 4.20. The Kier molecular flexibility index (Phi) is 11.6. The molecule has 0 unspecified atom stereocenters. The van der Waals surface area contributed by atoms with Crippen LogP contribution in [0, 0.1) is 0 Å². The number of phenols is 2. The van der Waals surface area contributed by atoms with Gasteiger partial charge < -0.3 is 10.2 Å². The molecule has 0 amide bonds. The summed E-state index contributed by atoms with van der Waals surface area (Å²) in [5.74, 6) is 0.761. The Bertz CT molecular complexity index is 1280. The minimum absolute atomic E-state index is 0.0145. The quantitative estimate of drug-likeness (QED) is 0.210. The van der Waals surface area contributed by atoms with Crippen LogP contribution in [0.25, 0.3) is 0 Å². The molecular weight excluding hydrogens is 654 g/mol. The normalized spacial score (nSPS) is 13.5. The van der Waals surface area contributed by atoms with E-state index in [2.05, 4.69) is 123 Å². The number of halogens is 4. The molecule has 42 heavy (non-hydrogen) atoms. The summed E-state index contributed by atoms with van der Waals surface area (Å²) in [5.41, 5.74) is 5.92. The van der Waals surface area contributed by atoms with Crippen molar-refractivity contribution in [3.8, 4) is 11.5 Å². The van der Waals surface area contributed by atoms with Gasteiger partial charge in [-0.25, -0.2) is 9.13 Å². The van der Waals surface area contributed by atoms with Crippen LogP contribution in [-0.4, -0.2) is 14.8 Å². The van der Waals surface area contributed by atoms with Gasteiger partial charge in [-0.05, 0) is 56.0 Å². The first kappa shape index (κ1) is 37.1. The van der Waals surface area contributed by atoms with Crippen molar-refractivity contribution in [2.45, 2.75) is 118 Å². The van der Waals surface area contributed by atoms with Gasteiger partial charge in [-0.2, -0.15) is 0 Å². The number of phenolic OH excluding ortho intramolecular Hbond substituents is 2. The number of aromatic nitrogens is 2. The monoisotopic (exact) mass is 701 g/mol. The summed E-state index contributed by atoms with van der Waals surface area (Å²) >= 11 is 0. The molecular formula is C33H49Cl4FeN2O2. The fourth-order valence-corrected chi connectivity index (χ4v) is 4.66. The van der Waals surface area contributed by atoms with Crippen molar-refractivity contribution in [2.75, 3.05) is 0 Å². The molecule has 3 aromatic rings. The molecule has 0 aliphatic heterocycles. The van der Waals surface area contributed by atoms with Crippen molar-refractivity contribution < 1.29 is 24.0 Å². The van der Waals surface area contributed by atoms with Gasteiger partial charge in [0.1, 0.15) is 37.0 Å². The van der Waals surface area contributed by atoms with E-state index in [4.69, 9.17) is 40.4 Å². The zero-order chi connectivity index (χ0) is 32.6. The second-order valence-corrected chi connectivity index (χ2v) is 26.1. The first-order chi connectivity index (χ1) is 18.7. The Morgan fingerprint density at radius 1 is 0.643 bits per heavy atom. The van der Waals surface area contributed by atoms with E-state index >= 15 is 0 Å². The third kappa shape index (κ3) is 10.8. The van der Waals surface area contributed by atoms with Crippen LogP contribution in [0.3, 0.4) is 0 Å². The van der Waals surface area contributed by atoms with Crippen LogP contribution in [0.5, 0.6) is 11.5 Å². The molecule has 0 saturated heterocycles. The van der Waals surface area contributed by atoms with Crippen molar-refractivity contribution >= 4 is 40.4 Å². The van der Waals surface area contributed by atoms with Crippen LogP contribution in [-0.2, 0) is 43.9 Å². The molecule has 0 radical (unpaired) electrons. The molecule has 0 atom stereocenters. The number of hydrogen-bond acceptors (Lipinski definition) is 2. The van der Waals surface area contributed by atoms with Crippen molar-refractivity contribution in [2.24, 2.45) is 0 Å². The summed E-state index contributed by atoms with van der Waals surface area (Å²) in [6.45, 7) is 27.3. The summed E-state index contributed by atoms with van der Waals surface area (Å²) in [6, 6.07) is 8.60. The summed E-state index contributed by atoms with van der Waals surface area (Å²) in [4.78, 5) is 0. The van der Waals surface area contributed by atoms with Gasteiger partial charge in [0.2, 0.25) is 6.33 Å². The predicted octanol–water partition coefficient (Wildman–Crippen LogP) is 10.2. The molecule has 0 aliphatic rings. The van der Waals surface area contributed by atoms with Gasteiger partial charge >= 0.3 is 49.6 Å². The summed E-state index contributed by atoms with van der Waals surface area (Å²) in [5, 5.41) is 22.4. The molecule has 0 aliphatic carbocycles. The SMILES string of the molecule is CC(C)(C)c1cc(Cn2cc[n+](Cc3cc(C(C)(C)C)cc(C(C)(C)C)c3O)c2)c(O)c(C(C)(C)C)c1.[Cl][Fe-]([Cl])([Cl])[Cl]. The van der Waals surface area contributed by atoms with Crippen LogP contribution in [0.2, 0.25) is 0 Å². The molecule has 0 bridgehead atoms. The molecule has 239 valence electrons. The third-order valence-corrected chi connectivity index (χ3v) is 7.18. The zero-order valence-corrected chi connectivity index (χ0v) is 31.2. The Labute approximate surface area is 273 Å². The Morgan fingerprint density at radius 2 is 1.02 bits per heavy atom. The second kappa shape index (κ2) is 13.1. The van der Waals surface area contributed by atoms with Crippen LogP contribution in [0.1, 0.15) is 116 Å². The maximum atomic E-state index is 11.2. The number of benzene rings is 2. The van der Waals surface area contributed by atoms with E-state index in [0.29, 0.717) is 24.6 Å². The van der Waals surface area contributed by atoms with E-state index in [1.807, 2.05) is 12.4 Å². The molecule has 9 heteroatoms. The van der Waals surface area contributed by atoms with Gasteiger partial charge in [-0.15, -0.1) is 0 Å². The summed E-state index contributed by atoms with van der Waals surface area (Å²) in [7, 11) is 17.2. The zero-order valence-electron chi connectivity index (χ0n) is 27.1. The van der Waals surface area contributed by atoms with Crippen LogP contribution in [0.15, 0.2) is 43.0 Å². The van der Waals surface area contributed by atoms with Gasteiger partial charge in [-0.1, -0.05) is 95.2 Å². The predicted molar refractivity (Wildman–Crippen MR) is 177 cm³/mol. The van der Waals surface area contributed by atoms with Gasteiger partial charge in [0.25, 0.3) is 0 Å². The number of rotatable bonds is 4. The van der Waals surface area contributed by atoms with Crippen molar-refractivity contribution in [3.63, 3.8) is 0 Å². The van der Waals surface area contributed by atoms with E-state index in [1.165, 1.54) is 11.1 Å². The van der Waals surface area contributed by atoms with Gasteiger partial charge in [-0.3, -0.25) is 0 Å². The Morgan fingerprint density at radius 3 is 1.40 bits per heavy atom. The van der Waals surface area contributed by atoms with Crippen molar-refractivity contribution in [1.82, 2.24) is 4.57 Å². The van der Waals surface area contributed by atoms with Gasteiger partial charge in [0.05, 0.1) is 0 Å². The topological polar surface area (TPSA) is 49.3 Å². The van der Waals surface area contributed by atoms with E-state index in [1.54, 1.807) is 0 Å². The van der Waals surface area contributed by atoms with Crippen LogP contribution < -0.4 is 4.57 Å². The van der Waals surface area contributed by atoms with Gasteiger partial charge in [0.15, 0.2) is 0 Å². The van der Waals surface area contributed by atoms with E-state index in [9.17, 15) is 10.2 Å². The molecule has 2 aromatic carbocycles. The number of hydrogen-bond donors (Lipinski definition) is 2. The van der Waals surface area contributed by atoms with E-state index in [0.717, 1.165) is 22.3 Å². The molecule has 4 nitrogen and oxygen atoms in total. The van der Waals surface area contributed by atoms with Crippen molar-refractivity contribution in [3.05, 3.63) is 76.4 Å². The Hall–Kier alpha value is -1.07. The molecule has 0 spiro atoms. The molecule has 0 fully saturated rings. The average Bonchev–Trinajstić information content (AvgIpc) is 3.19. The standard InChI is InChI=1S/C33H48N2O2.4ClH.Fe/c1-30(2,3)24-15-22(28(36)26(17-24)32(7,8)9)19-34-13-14-35(21-34)20-23-16-25(31(4,5)6)18-27(29(23)37)33(10,11)12;;;;;/h13-18,21H,19-20H2,1-12H3,(H-,36,37);4*1H;/q;;;;;+3/p-3. The molecule has 1 aromatic heterocycles. The van der Waals surface area contributed by atoms with E-state index in [-0.39, 0.29) is 21.7 Å². The molecule has 0 saturated carbocycles. The Balaban J connectivity index is 0.00000113. The molecule has 3 rings (SSSR count). The fourth-order valence-electron chi connectivity index (χ4n) is 4.66. The maximum absolute atomic E-state index is 11.2. The second-order valence-electron chi connectivity index (χ2n) is 15.1. The van der Waals surface area contributed by atoms with Crippen LogP contribution >= 0.6 is 40.4 Å². The fraction of sp³-hybridized carbons (Fsp3) is 0.545. The molecule has 1 heterocycles. The third-order valence-electron chi connectivity index (χ3n) is 7.18.